The monoisotopic (exact) mass is 411 g/mol. The Morgan fingerprint density at radius 1 is 1.18 bits per heavy atom. The van der Waals surface area contributed by atoms with Crippen molar-refractivity contribution >= 4 is 34.4 Å². The maximum absolute atomic E-state index is 12.7. The van der Waals surface area contributed by atoms with Crippen molar-refractivity contribution in [2.75, 3.05) is 18.2 Å². The first-order chi connectivity index (χ1) is 12.9. The number of hydrogen-bond donors (Lipinski definition) is 2. The first-order valence-corrected chi connectivity index (χ1v) is 9.28. The number of nitrogens with one attached hydrogen (secondary N) is 1. The Hall–Kier alpha value is -1.80. The van der Waals surface area contributed by atoms with Gasteiger partial charge in [-0.05, 0) is 42.3 Å². The molecule has 2 N–H and O–H groups in total. The Bertz CT molecular complexity index is 832. The molecule has 6 nitrogen and oxygen atoms in total. The van der Waals surface area contributed by atoms with Crippen LogP contribution in [-0.2, 0) is 16.0 Å². The number of anilines is 1. The minimum atomic E-state index is -1.06. The third-order valence-electron chi connectivity index (χ3n) is 3.88. The quantitative estimate of drug-likeness (QED) is 0.618. The Morgan fingerprint density at radius 3 is 2.43 bits per heavy atom. The van der Waals surface area contributed by atoms with E-state index in [0.717, 1.165) is 23.1 Å². The van der Waals surface area contributed by atoms with E-state index in [1.165, 1.54) is 19.1 Å². The maximum Gasteiger partial charge on any atom is 1.00 e. The van der Waals surface area contributed by atoms with Crippen molar-refractivity contribution in [3.63, 3.8) is 0 Å². The first-order valence-electron chi connectivity index (χ1n) is 8.29. The number of thioether (sulfide) groups is 1. The van der Waals surface area contributed by atoms with Crippen LogP contribution in [0.1, 0.15) is 24.3 Å². The van der Waals surface area contributed by atoms with E-state index in [-0.39, 0.29) is 47.6 Å². The molecule has 0 aliphatic carbocycles. The summed E-state index contributed by atoms with van der Waals surface area (Å²) in [4.78, 5) is 35.1. The number of carbonyl (C=O) groups is 3. The van der Waals surface area contributed by atoms with E-state index >= 15 is 0 Å². The van der Waals surface area contributed by atoms with Gasteiger partial charge < -0.3 is 16.6 Å². The van der Waals surface area contributed by atoms with Crippen LogP contribution in [0.25, 0.3) is 0 Å². The molecule has 0 radical (unpaired) electrons. The summed E-state index contributed by atoms with van der Waals surface area (Å²) in [5.41, 5.74) is 1.45. The molecule has 0 aliphatic heterocycles. The van der Waals surface area contributed by atoms with Gasteiger partial charge in [0.05, 0.1) is 18.6 Å². The molecule has 0 saturated heterocycles. The van der Waals surface area contributed by atoms with E-state index < -0.39 is 11.9 Å². The predicted molar refractivity (Wildman–Crippen MR) is 106 cm³/mol. The molecule has 2 aromatic carbocycles. The van der Waals surface area contributed by atoms with E-state index in [4.69, 9.17) is 9.84 Å². The molecular formula is C20H22NNaO5S. The van der Waals surface area contributed by atoms with E-state index in [1.54, 1.807) is 19.2 Å². The zero-order valence-electron chi connectivity index (χ0n) is 17.1. The molecule has 0 fully saturated rings. The molecule has 2 aromatic rings. The average molecular weight is 411 g/mol. The summed E-state index contributed by atoms with van der Waals surface area (Å²) in [6, 6.07) is 13.5. The van der Waals surface area contributed by atoms with Crippen LogP contribution >= 0.6 is 11.8 Å². The smallest absolute Gasteiger partial charge is 1.00 e. The van der Waals surface area contributed by atoms with Gasteiger partial charge in [-0.25, -0.2) is 4.79 Å². The molecule has 0 heterocycles. The van der Waals surface area contributed by atoms with E-state index in [9.17, 15) is 14.4 Å². The zero-order valence-corrected chi connectivity index (χ0v) is 18.9. The van der Waals surface area contributed by atoms with Gasteiger partial charge in [0.25, 0.3) is 0 Å². The average Bonchev–Trinajstić information content (AvgIpc) is 2.65. The number of ether oxygens (including phenoxy) is 1. The molecule has 0 aliphatic rings. The number of carboxylic acid groups (broad SMARTS) is 1. The maximum atomic E-state index is 12.7. The number of hydrogen-bond acceptors (Lipinski definition) is 5. The SMILES string of the molecule is COc1ccc(CC(CSC(C)=O)C(=O)Nc2cccc(C(=O)O)c2)cc1.[H-].[Na+]. The second-order valence-corrected chi connectivity index (χ2v) is 7.12. The number of methoxy groups -OCH3 is 1. The van der Waals surface area contributed by atoms with Gasteiger partial charge in [0.15, 0.2) is 5.12 Å². The number of aromatic carboxylic acids is 1. The van der Waals surface area contributed by atoms with Gasteiger partial charge in [-0.15, -0.1) is 0 Å². The van der Waals surface area contributed by atoms with Crippen molar-refractivity contribution in [3.8, 4) is 5.75 Å². The van der Waals surface area contributed by atoms with Gasteiger partial charge in [0.1, 0.15) is 5.75 Å². The van der Waals surface area contributed by atoms with Crippen LogP contribution < -0.4 is 39.6 Å². The molecule has 1 amide bonds. The second kappa shape index (κ2) is 11.9. The number of benzene rings is 2. The standard InChI is InChI=1S/C20H21NO5S.Na.H/c1-13(22)27-12-16(10-14-6-8-18(26-2)9-7-14)19(23)21-17-5-3-4-15(11-17)20(24)25;;/h3-9,11,16H,10,12H2,1-2H3,(H,21,23)(H,24,25);;/q;+1;-1. The third kappa shape index (κ3) is 7.67. The Balaban J connectivity index is 0.00000392. The first kappa shape index (κ1) is 24.2. The summed E-state index contributed by atoms with van der Waals surface area (Å²) in [5.74, 6) is -0.703. The molecule has 1 atom stereocenters. The molecule has 8 heteroatoms. The van der Waals surface area contributed by atoms with Crippen LogP contribution in [0, 0.1) is 5.92 Å². The zero-order chi connectivity index (χ0) is 19.8. The Labute approximate surface area is 191 Å². The van der Waals surface area contributed by atoms with E-state index in [0.29, 0.717) is 17.9 Å². The van der Waals surface area contributed by atoms with Gasteiger partial charge >= 0.3 is 35.5 Å². The minimum absolute atomic E-state index is 0. The summed E-state index contributed by atoms with van der Waals surface area (Å²) < 4.78 is 5.13. The molecule has 0 saturated carbocycles. The summed E-state index contributed by atoms with van der Waals surface area (Å²) in [7, 11) is 1.58. The van der Waals surface area contributed by atoms with Crippen molar-refractivity contribution in [1.29, 1.82) is 0 Å². The molecule has 0 spiro atoms. The van der Waals surface area contributed by atoms with Gasteiger partial charge in [0, 0.05) is 18.4 Å². The summed E-state index contributed by atoms with van der Waals surface area (Å²) in [6.45, 7) is 1.46. The molecule has 1 unspecified atom stereocenters. The third-order valence-corrected chi connectivity index (χ3v) is 4.85. The molecule has 144 valence electrons. The number of amides is 1. The van der Waals surface area contributed by atoms with Gasteiger partial charge in [-0.2, -0.15) is 0 Å². The Morgan fingerprint density at radius 2 is 1.86 bits per heavy atom. The van der Waals surface area contributed by atoms with Crippen LogP contribution in [0.5, 0.6) is 5.75 Å². The number of carbonyl (C=O) groups excluding carboxylic acids is 2. The van der Waals surface area contributed by atoms with Crippen molar-refractivity contribution in [2.45, 2.75) is 13.3 Å². The largest absolute Gasteiger partial charge is 1.00 e. The fourth-order valence-electron chi connectivity index (χ4n) is 2.47. The predicted octanol–water partition coefficient (Wildman–Crippen LogP) is 0.587. The summed E-state index contributed by atoms with van der Waals surface area (Å²) >= 11 is 1.09. The fraction of sp³-hybridized carbons (Fsp3) is 0.250. The van der Waals surface area contributed by atoms with Crippen molar-refractivity contribution in [1.82, 2.24) is 0 Å². The molecule has 28 heavy (non-hydrogen) atoms. The van der Waals surface area contributed by atoms with Gasteiger partial charge in [0.2, 0.25) is 5.91 Å². The van der Waals surface area contributed by atoms with Crippen molar-refractivity contribution < 1.29 is 55.2 Å². The normalized spacial score (nSPS) is 11.1. The van der Waals surface area contributed by atoms with Crippen LogP contribution in [0.15, 0.2) is 48.5 Å². The van der Waals surface area contributed by atoms with Crippen molar-refractivity contribution in [2.24, 2.45) is 5.92 Å². The number of carboxylic acids is 1. The van der Waals surface area contributed by atoms with Crippen LogP contribution in [0.4, 0.5) is 5.69 Å². The van der Waals surface area contributed by atoms with Crippen molar-refractivity contribution in [3.05, 3.63) is 59.7 Å². The van der Waals surface area contributed by atoms with E-state index in [1.807, 2.05) is 24.3 Å². The van der Waals surface area contributed by atoms with Crippen LogP contribution in [0.2, 0.25) is 0 Å². The summed E-state index contributed by atoms with van der Waals surface area (Å²) in [6.07, 6.45) is 0.453. The molecule has 2 rings (SSSR count). The minimum Gasteiger partial charge on any atom is -1.00 e. The molecular weight excluding hydrogens is 389 g/mol. The summed E-state index contributed by atoms with van der Waals surface area (Å²) in [5, 5.41) is 11.8. The molecule has 0 bridgehead atoms. The number of rotatable bonds is 8. The van der Waals surface area contributed by atoms with Crippen LogP contribution in [0.3, 0.4) is 0 Å². The van der Waals surface area contributed by atoms with Gasteiger partial charge in [-0.3, -0.25) is 9.59 Å². The second-order valence-electron chi connectivity index (χ2n) is 5.93. The van der Waals surface area contributed by atoms with Gasteiger partial charge in [-0.1, -0.05) is 30.0 Å². The van der Waals surface area contributed by atoms with Crippen LogP contribution in [-0.4, -0.2) is 35.0 Å². The Kier molecular flexibility index (Phi) is 10.3. The topological polar surface area (TPSA) is 92.7 Å². The fourth-order valence-corrected chi connectivity index (χ4v) is 3.17. The van der Waals surface area contributed by atoms with E-state index in [2.05, 4.69) is 5.32 Å². The molecule has 0 aromatic heterocycles.